The molecule has 0 aliphatic carbocycles. The topological polar surface area (TPSA) is 0 Å². The van der Waals surface area contributed by atoms with Crippen molar-refractivity contribution in [3.63, 3.8) is 0 Å². The molecule has 0 heterocycles. The lowest BCUT2D eigenvalue weighted by atomic mass is 10.0. The minimum atomic E-state index is -4.48. The van der Waals surface area contributed by atoms with Crippen molar-refractivity contribution in [3.8, 4) is 0 Å². The summed E-state index contributed by atoms with van der Waals surface area (Å²) in [5.74, 6) is -0.844. The highest BCUT2D eigenvalue weighted by molar-refractivity contribution is 5.26. The SMILES string of the molecule is [CH2]CCCc1cc(F)cc(C(F)(F)F)c1. The molecule has 0 saturated heterocycles. The fourth-order valence-electron chi connectivity index (χ4n) is 1.29. The number of hydrogen-bond acceptors (Lipinski definition) is 0. The zero-order valence-electron chi connectivity index (χ0n) is 8.07. The summed E-state index contributed by atoms with van der Waals surface area (Å²) in [6, 6.07) is 2.62. The molecule has 15 heavy (non-hydrogen) atoms. The molecule has 0 bridgehead atoms. The highest BCUT2D eigenvalue weighted by Gasteiger charge is 2.31. The van der Waals surface area contributed by atoms with Gasteiger partial charge in [-0.3, -0.25) is 0 Å². The van der Waals surface area contributed by atoms with Crippen LogP contribution in [0.3, 0.4) is 0 Å². The van der Waals surface area contributed by atoms with Gasteiger partial charge in [0.05, 0.1) is 5.56 Å². The van der Waals surface area contributed by atoms with Gasteiger partial charge in [-0.25, -0.2) is 4.39 Å². The molecular formula is C11H11F4. The van der Waals surface area contributed by atoms with Crippen molar-refractivity contribution in [2.24, 2.45) is 0 Å². The predicted molar refractivity (Wildman–Crippen MR) is 49.7 cm³/mol. The first-order chi connectivity index (χ1) is 6.93. The molecule has 1 radical (unpaired) electrons. The fourth-order valence-corrected chi connectivity index (χ4v) is 1.29. The Balaban J connectivity index is 2.95. The molecule has 1 aromatic carbocycles. The number of alkyl halides is 3. The molecule has 4 heteroatoms. The van der Waals surface area contributed by atoms with E-state index in [2.05, 4.69) is 6.92 Å². The van der Waals surface area contributed by atoms with E-state index >= 15 is 0 Å². The summed E-state index contributed by atoms with van der Waals surface area (Å²) in [5, 5.41) is 0. The lowest BCUT2D eigenvalue weighted by Crippen LogP contribution is -2.06. The normalized spacial score (nSPS) is 11.8. The maximum Gasteiger partial charge on any atom is 0.416 e. The Hall–Kier alpha value is -1.06. The molecule has 0 nitrogen and oxygen atoms in total. The Bertz CT molecular complexity index is 328. The van der Waals surface area contributed by atoms with Crippen LogP contribution in [0, 0.1) is 12.7 Å². The maximum atomic E-state index is 12.9. The smallest absolute Gasteiger partial charge is 0.207 e. The Kier molecular flexibility index (Phi) is 3.72. The van der Waals surface area contributed by atoms with Crippen molar-refractivity contribution in [2.45, 2.75) is 25.4 Å². The van der Waals surface area contributed by atoms with Crippen LogP contribution < -0.4 is 0 Å². The van der Waals surface area contributed by atoms with Crippen LogP contribution >= 0.6 is 0 Å². The minimum Gasteiger partial charge on any atom is -0.207 e. The van der Waals surface area contributed by atoms with E-state index in [1.807, 2.05) is 0 Å². The van der Waals surface area contributed by atoms with E-state index in [1.54, 1.807) is 0 Å². The molecule has 0 fully saturated rings. The summed E-state index contributed by atoms with van der Waals surface area (Å²) in [6.07, 6.45) is -2.79. The van der Waals surface area contributed by atoms with E-state index in [0.717, 1.165) is 12.1 Å². The third-order valence-electron chi connectivity index (χ3n) is 2.00. The summed E-state index contributed by atoms with van der Waals surface area (Å²) in [6.45, 7) is 3.58. The summed E-state index contributed by atoms with van der Waals surface area (Å²) >= 11 is 0. The molecule has 0 atom stereocenters. The monoisotopic (exact) mass is 219 g/mol. The van der Waals surface area contributed by atoms with Gasteiger partial charge in [-0.1, -0.05) is 13.3 Å². The van der Waals surface area contributed by atoms with Crippen LogP contribution in [-0.2, 0) is 12.6 Å². The number of aryl methyl sites for hydroxylation is 1. The van der Waals surface area contributed by atoms with Gasteiger partial charge < -0.3 is 0 Å². The van der Waals surface area contributed by atoms with Gasteiger partial charge in [0.2, 0.25) is 0 Å². The molecule has 0 aliphatic heterocycles. The molecule has 0 amide bonds. The third-order valence-corrected chi connectivity index (χ3v) is 2.00. The first-order valence-electron chi connectivity index (χ1n) is 4.59. The number of halogens is 4. The lowest BCUT2D eigenvalue weighted by Gasteiger charge is -2.09. The van der Waals surface area contributed by atoms with Crippen LogP contribution in [0.1, 0.15) is 24.0 Å². The predicted octanol–water partition coefficient (Wildman–Crippen LogP) is 4.00. The third kappa shape index (κ3) is 3.53. The van der Waals surface area contributed by atoms with Crippen LogP contribution in [0.2, 0.25) is 0 Å². The van der Waals surface area contributed by atoms with Crippen LogP contribution in [0.15, 0.2) is 18.2 Å². The van der Waals surface area contributed by atoms with Crippen molar-refractivity contribution in [1.82, 2.24) is 0 Å². The largest absolute Gasteiger partial charge is 0.416 e. The van der Waals surface area contributed by atoms with E-state index in [-0.39, 0.29) is 0 Å². The molecule has 0 spiro atoms. The molecule has 0 N–H and O–H groups in total. The van der Waals surface area contributed by atoms with Crippen molar-refractivity contribution in [2.75, 3.05) is 0 Å². The van der Waals surface area contributed by atoms with Gasteiger partial charge in [-0.05, 0) is 36.6 Å². The average Bonchev–Trinajstić information content (AvgIpc) is 2.12. The molecule has 83 valence electrons. The number of hydrogen-bond donors (Lipinski definition) is 0. The molecule has 1 aromatic rings. The van der Waals surface area contributed by atoms with Crippen LogP contribution in [0.5, 0.6) is 0 Å². The van der Waals surface area contributed by atoms with Crippen molar-refractivity contribution in [3.05, 3.63) is 42.1 Å². The highest BCUT2D eigenvalue weighted by Crippen LogP contribution is 2.30. The number of unbranched alkanes of at least 4 members (excludes halogenated alkanes) is 1. The summed E-state index contributed by atoms with van der Waals surface area (Å²) in [5.41, 5.74) is -0.562. The fraction of sp³-hybridized carbons (Fsp3) is 0.364. The second kappa shape index (κ2) is 4.64. The Morgan fingerprint density at radius 3 is 2.33 bits per heavy atom. The Morgan fingerprint density at radius 1 is 1.13 bits per heavy atom. The van der Waals surface area contributed by atoms with E-state index in [1.165, 1.54) is 0 Å². The Morgan fingerprint density at radius 2 is 1.80 bits per heavy atom. The summed E-state index contributed by atoms with van der Waals surface area (Å²) in [4.78, 5) is 0. The summed E-state index contributed by atoms with van der Waals surface area (Å²) < 4.78 is 49.7. The van der Waals surface area contributed by atoms with Gasteiger partial charge in [0.15, 0.2) is 0 Å². The van der Waals surface area contributed by atoms with Gasteiger partial charge in [0.25, 0.3) is 0 Å². The second-order valence-electron chi connectivity index (χ2n) is 3.30. The van der Waals surface area contributed by atoms with Crippen LogP contribution in [-0.4, -0.2) is 0 Å². The van der Waals surface area contributed by atoms with E-state index in [9.17, 15) is 17.6 Å². The maximum absolute atomic E-state index is 12.9. The molecule has 0 saturated carbocycles. The van der Waals surface area contributed by atoms with E-state index in [0.29, 0.717) is 30.9 Å². The van der Waals surface area contributed by atoms with Crippen LogP contribution in [0.25, 0.3) is 0 Å². The number of rotatable bonds is 3. The van der Waals surface area contributed by atoms with Crippen molar-refractivity contribution in [1.29, 1.82) is 0 Å². The van der Waals surface area contributed by atoms with Crippen molar-refractivity contribution >= 4 is 0 Å². The van der Waals surface area contributed by atoms with Gasteiger partial charge >= 0.3 is 6.18 Å². The van der Waals surface area contributed by atoms with Gasteiger partial charge in [0.1, 0.15) is 5.82 Å². The standard InChI is InChI=1S/C11H11F4/c1-2-3-4-8-5-9(11(13,14)15)7-10(12)6-8/h5-7H,1-4H2. The first-order valence-corrected chi connectivity index (χ1v) is 4.59. The molecule has 0 unspecified atom stereocenters. The second-order valence-corrected chi connectivity index (χ2v) is 3.30. The molecule has 0 aromatic heterocycles. The zero-order valence-corrected chi connectivity index (χ0v) is 8.07. The molecule has 1 rings (SSSR count). The molecule has 0 aliphatic rings. The van der Waals surface area contributed by atoms with E-state index < -0.39 is 17.6 Å². The average molecular weight is 219 g/mol. The van der Waals surface area contributed by atoms with E-state index in [4.69, 9.17) is 0 Å². The number of benzene rings is 1. The highest BCUT2D eigenvalue weighted by atomic mass is 19.4. The summed E-state index contributed by atoms with van der Waals surface area (Å²) in [7, 11) is 0. The van der Waals surface area contributed by atoms with Gasteiger partial charge in [0, 0.05) is 0 Å². The first kappa shape index (κ1) is 12.0. The minimum absolute atomic E-state index is 0.367. The lowest BCUT2D eigenvalue weighted by molar-refractivity contribution is -0.137. The van der Waals surface area contributed by atoms with Crippen molar-refractivity contribution < 1.29 is 17.6 Å². The Labute approximate surface area is 85.9 Å². The van der Waals surface area contributed by atoms with Gasteiger partial charge in [-0.15, -0.1) is 0 Å². The van der Waals surface area contributed by atoms with Crippen LogP contribution in [0.4, 0.5) is 17.6 Å². The zero-order chi connectivity index (χ0) is 11.5. The molecular weight excluding hydrogens is 208 g/mol. The van der Waals surface area contributed by atoms with Gasteiger partial charge in [-0.2, -0.15) is 13.2 Å². The quantitative estimate of drug-likeness (QED) is 0.674.